The van der Waals surface area contributed by atoms with Crippen molar-refractivity contribution < 1.29 is 14.4 Å². The summed E-state index contributed by atoms with van der Waals surface area (Å²) in [4.78, 5) is 16.3. The molecule has 0 saturated carbocycles. The second-order valence-electron chi connectivity index (χ2n) is 3.36. The van der Waals surface area contributed by atoms with E-state index in [0.717, 1.165) is 5.71 Å². The van der Waals surface area contributed by atoms with E-state index in [1.165, 1.54) is 0 Å². The van der Waals surface area contributed by atoms with E-state index in [9.17, 15) is 4.79 Å². The van der Waals surface area contributed by atoms with Gasteiger partial charge in [0.1, 0.15) is 0 Å². The molecule has 0 amide bonds. The van der Waals surface area contributed by atoms with Crippen molar-refractivity contribution in [3.63, 3.8) is 0 Å². The van der Waals surface area contributed by atoms with Gasteiger partial charge in [0.15, 0.2) is 0 Å². The molecule has 0 radical (unpaired) electrons. The number of nitrogens with zero attached hydrogens (tertiary/aromatic N) is 1. The molecule has 0 aliphatic carbocycles. The summed E-state index contributed by atoms with van der Waals surface area (Å²) < 4.78 is 4.81. The van der Waals surface area contributed by atoms with Crippen molar-refractivity contribution in [3.8, 4) is 0 Å². The molecule has 0 aliphatic heterocycles. The maximum atomic E-state index is 11.3. The first-order valence-electron chi connectivity index (χ1n) is 4.26. The van der Waals surface area contributed by atoms with Crippen molar-refractivity contribution in [3.05, 3.63) is 0 Å². The largest absolute Gasteiger partial charge is 0.463 e. The first-order chi connectivity index (χ1) is 5.90. The Morgan fingerprint density at radius 3 is 2.31 bits per heavy atom. The van der Waals surface area contributed by atoms with Crippen molar-refractivity contribution >= 4 is 11.7 Å². The van der Waals surface area contributed by atoms with E-state index in [4.69, 9.17) is 9.57 Å². The summed E-state index contributed by atoms with van der Waals surface area (Å²) >= 11 is 0. The van der Waals surface area contributed by atoms with Gasteiger partial charge in [0.25, 0.3) is 0 Å². The quantitative estimate of drug-likeness (QED) is 0.382. The van der Waals surface area contributed by atoms with Crippen LogP contribution in [0.25, 0.3) is 0 Å². The highest BCUT2D eigenvalue weighted by Crippen LogP contribution is 2.11. The monoisotopic (exact) mass is 187 g/mol. The Bertz CT molecular complexity index is 205. The molecule has 0 rings (SSSR count). The summed E-state index contributed by atoms with van der Waals surface area (Å²) in [5.74, 6) is -0.403. The standard InChI is InChI=1S/C9H17NO3/c1-6-12-8(11)9(4,5)13-10-7(2)3/h6H2,1-5H3. The fourth-order valence-corrected chi connectivity index (χ4v) is 0.548. The molecule has 0 aromatic heterocycles. The Morgan fingerprint density at radius 1 is 1.38 bits per heavy atom. The molecule has 4 heteroatoms. The lowest BCUT2D eigenvalue weighted by atomic mass is 10.1. The summed E-state index contributed by atoms with van der Waals surface area (Å²) in [5, 5.41) is 3.72. The Labute approximate surface area is 78.9 Å². The highest BCUT2D eigenvalue weighted by molar-refractivity contribution is 5.80. The molecule has 0 bridgehead atoms. The van der Waals surface area contributed by atoms with E-state index in [1.807, 2.05) is 0 Å². The summed E-state index contributed by atoms with van der Waals surface area (Å²) in [6, 6.07) is 0. The Balaban J connectivity index is 4.22. The number of oxime groups is 1. The van der Waals surface area contributed by atoms with Crippen molar-refractivity contribution in [1.29, 1.82) is 0 Å². The minimum absolute atomic E-state index is 0.348. The lowest BCUT2D eigenvalue weighted by Gasteiger charge is -2.19. The van der Waals surface area contributed by atoms with Crippen LogP contribution in [0.2, 0.25) is 0 Å². The molecule has 0 spiro atoms. The van der Waals surface area contributed by atoms with Crippen LogP contribution in [0.3, 0.4) is 0 Å². The van der Waals surface area contributed by atoms with E-state index in [0.29, 0.717) is 6.61 Å². The lowest BCUT2D eigenvalue weighted by Crippen LogP contribution is -2.35. The zero-order valence-corrected chi connectivity index (χ0v) is 8.88. The maximum absolute atomic E-state index is 11.3. The second-order valence-corrected chi connectivity index (χ2v) is 3.36. The van der Waals surface area contributed by atoms with E-state index in [1.54, 1.807) is 34.6 Å². The Hall–Kier alpha value is -1.06. The number of esters is 1. The van der Waals surface area contributed by atoms with Gasteiger partial charge in [-0.1, -0.05) is 5.16 Å². The first-order valence-corrected chi connectivity index (χ1v) is 4.26. The molecule has 0 heterocycles. The van der Waals surface area contributed by atoms with Gasteiger partial charge >= 0.3 is 5.97 Å². The van der Waals surface area contributed by atoms with E-state index < -0.39 is 11.6 Å². The van der Waals surface area contributed by atoms with Gasteiger partial charge in [0.2, 0.25) is 5.60 Å². The summed E-state index contributed by atoms with van der Waals surface area (Å²) in [6.07, 6.45) is 0. The van der Waals surface area contributed by atoms with Gasteiger partial charge < -0.3 is 9.57 Å². The van der Waals surface area contributed by atoms with Crippen LogP contribution in [0, 0.1) is 0 Å². The number of carbonyl (C=O) groups excluding carboxylic acids is 1. The van der Waals surface area contributed by atoms with Gasteiger partial charge in [-0.2, -0.15) is 0 Å². The molecular formula is C9H17NO3. The van der Waals surface area contributed by atoms with Crippen molar-refractivity contribution in [2.75, 3.05) is 6.61 Å². The van der Waals surface area contributed by atoms with Crippen LogP contribution in [0.1, 0.15) is 34.6 Å². The third kappa shape index (κ3) is 4.50. The highest BCUT2D eigenvalue weighted by Gasteiger charge is 2.31. The number of rotatable bonds is 4. The van der Waals surface area contributed by atoms with Crippen LogP contribution >= 0.6 is 0 Å². The highest BCUT2D eigenvalue weighted by atomic mass is 16.7. The van der Waals surface area contributed by atoms with E-state index >= 15 is 0 Å². The van der Waals surface area contributed by atoms with E-state index in [2.05, 4.69) is 5.16 Å². The molecule has 0 N–H and O–H groups in total. The van der Waals surface area contributed by atoms with Crippen molar-refractivity contribution in [2.45, 2.75) is 40.2 Å². The third-order valence-corrected chi connectivity index (χ3v) is 1.22. The molecular weight excluding hydrogens is 170 g/mol. The zero-order chi connectivity index (χ0) is 10.5. The van der Waals surface area contributed by atoms with E-state index in [-0.39, 0.29) is 0 Å². The average Bonchev–Trinajstić information content (AvgIpc) is 2.01. The predicted molar refractivity (Wildman–Crippen MR) is 50.6 cm³/mol. The van der Waals surface area contributed by atoms with Gasteiger partial charge in [-0.3, -0.25) is 0 Å². The van der Waals surface area contributed by atoms with Gasteiger partial charge in [-0.15, -0.1) is 0 Å². The number of hydrogen-bond acceptors (Lipinski definition) is 4. The molecule has 0 aromatic carbocycles. The molecule has 0 aliphatic rings. The topological polar surface area (TPSA) is 47.9 Å². The molecule has 76 valence electrons. The average molecular weight is 187 g/mol. The van der Waals surface area contributed by atoms with Crippen LogP contribution in [0.4, 0.5) is 0 Å². The van der Waals surface area contributed by atoms with Gasteiger partial charge in [0.05, 0.1) is 12.3 Å². The molecule has 13 heavy (non-hydrogen) atoms. The second kappa shape index (κ2) is 4.84. The van der Waals surface area contributed by atoms with Gasteiger partial charge in [0, 0.05) is 0 Å². The summed E-state index contributed by atoms with van der Waals surface area (Å²) in [7, 11) is 0. The normalized spacial score (nSPS) is 10.5. The summed E-state index contributed by atoms with van der Waals surface area (Å²) in [5.41, 5.74) is -0.245. The molecule has 0 atom stereocenters. The minimum Gasteiger partial charge on any atom is -0.463 e. The number of hydrogen-bond donors (Lipinski definition) is 0. The molecule has 0 saturated heterocycles. The van der Waals surface area contributed by atoms with Crippen LogP contribution in [0.5, 0.6) is 0 Å². The van der Waals surface area contributed by atoms with Gasteiger partial charge in [-0.05, 0) is 34.6 Å². The number of carbonyl (C=O) groups is 1. The lowest BCUT2D eigenvalue weighted by molar-refractivity contribution is -0.167. The molecule has 4 nitrogen and oxygen atoms in total. The molecule has 0 aromatic rings. The van der Waals surface area contributed by atoms with Crippen LogP contribution in [0.15, 0.2) is 5.16 Å². The fourth-order valence-electron chi connectivity index (χ4n) is 0.548. The Morgan fingerprint density at radius 2 is 1.92 bits per heavy atom. The zero-order valence-electron chi connectivity index (χ0n) is 8.88. The molecule has 0 unspecified atom stereocenters. The minimum atomic E-state index is -1.01. The predicted octanol–water partition coefficient (Wildman–Crippen LogP) is 1.74. The van der Waals surface area contributed by atoms with Crippen LogP contribution in [-0.2, 0) is 14.4 Å². The third-order valence-electron chi connectivity index (χ3n) is 1.22. The number of ether oxygens (including phenoxy) is 1. The smallest absolute Gasteiger partial charge is 0.352 e. The summed E-state index contributed by atoms with van der Waals surface area (Å²) in [6.45, 7) is 8.93. The maximum Gasteiger partial charge on any atom is 0.352 e. The Kier molecular flexibility index (Phi) is 4.45. The molecule has 0 fully saturated rings. The first kappa shape index (κ1) is 11.9. The van der Waals surface area contributed by atoms with Crippen molar-refractivity contribution in [2.24, 2.45) is 5.16 Å². The van der Waals surface area contributed by atoms with Crippen LogP contribution in [-0.4, -0.2) is 23.9 Å². The van der Waals surface area contributed by atoms with Gasteiger partial charge in [-0.25, -0.2) is 4.79 Å². The fraction of sp³-hybridized carbons (Fsp3) is 0.778. The van der Waals surface area contributed by atoms with Crippen molar-refractivity contribution in [1.82, 2.24) is 0 Å². The van der Waals surface area contributed by atoms with Crippen LogP contribution < -0.4 is 0 Å². The SMILES string of the molecule is CCOC(=O)C(C)(C)ON=C(C)C.